The lowest BCUT2D eigenvalue weighted by molar-refractivity contribution is -0.129. The van der Waals surface area contributed by atoms with Crippen LogP contribution in [0.3, 0.4) is 0 Å². The normalized spacial score (nSPS) is 36.5. The van der Waals surface area contributed by atoms with Crippen molar-refractivity contribution in [3.63, 3.8) is 0 Å². The van der Waals surface area contributed by atoms with Crippen molar-refractivity contribution >= 4 is 16.6 Å². The molecule has 7 heteroatoms. The van der Waals surface area contributed by atoms with Gasteiger partial charge < -0.3 is 23.1 Å². The van der Waals surface area contributed by atoms with E-state index in [0.29, 0.717) is 0 Å². The SMILES string of the molecule is C=CC[Si](C)(C)O[C@H]1CC[C@H]2O[C@H]3CC[C@@H](O[Si](C)(C)CC=C)[C@H](C=C)O[C@@H]3CC[C@@H]2O[C@@H]1C=C. The van der Waals surface area contributed by atoms with Crippen LogP contribution in [0, 0.1) is 0 Å². The Bertz CT molecular complexity index is 679. The largest absolute Gasteiger partial charge is 0.411 e. The summed E-state index contributed by atoms with van der Waals surface area (Å²) in [5.41, 5.74) is 0. The van der Waals surface area contributed by atoms with Crippen molar-refractivity contribution in [2.75, 3.05) is 0 Å². The molecule has 0 N–H and O–H groups in total. The first kappa shape index (κ1) is 28.8. The van der Waals surface area contributed by atoms with Gasteiger partial charge in [0.1, 0.15) is 12.2 Å². The molecule has 3 heterocycles. The van der Waals surface area contributed by atoms with Crippen LogP contribution in [-0.2, 0) is 23.1 Å². The number of ether oxygens (including phenoxy) is 3. The van der Waals surface area contributed by atoms with Gasteiger partial charge in [-0.05, 0) is 76.8 Å². The first-order valence-corrected chi connectivity index (χ1v) is 19.6. The highest BCUT2D eigenvalue weighted by Crippen LogP contribution is 2.37. The Balaban J connectivity index is 1.70. The first-order valence-electron chi connectivity index (χ1n) is 13.4. The van der Waals surface area contributed by atoms with E-state index >= 15 is 0 Å². The highest BCUT2D eigenvalue weighted by molar-refractivity contribution is 6.72. The zero-order valence-corrected chi connectivity index (χ0v) is 24.5. The monoisotopic (exact) mass is 520 g/mol. The van der Waals surface area contributed by atoms with Gasteiger partial charge in [0.2, 0.25) is 0 Å². The molecule has 0 unspecified atom stereocenters. The zero-order chi connectivity index (χ0) is 25.6. The molecule has 0 amide bonds. The summed E-state index contributed by atoms with van der Waals surface area (Å²) in [6.45, 7) is 24.9. The molecule has 0 aliphatic carbocycles. The Labute approximate surface area is 215 Å². The van der Waals surface area contributed by atoms with Crippen molar-refractivity contribution in [3.05, 3.63) is 50.6 Å². The summed E-state index contributed by atoms with van der Waals surface area (Å²) < 4.78 is 33.3. The van der Waals surface area contributed by atoms with Crippen LogP contribution in [0.4, 0.5) is 0 Å². The molecule has 35 heavy (non-hydrogen) atoms. The van der Waals surface area contributed by atoms with E-state index in [0.717, 1.165) is 50.6 Å². The van der Waals surface area contributed by atoms with Gasteiger partial charge in [0, 0.05) is 0 Å². The maximum absolute atomic E-state index is 6.78. The van der Waals surface area contributed by atoms with Gasteiger partial charge in [-0.2, -0.15) is 0 Å². The predicted octanol–water partition coefficient (Wildman–Crippen LogP) is 6.55. The van der Waals surface area contributed by atoms with Gasteiger partial charge in [-0.15, -0.1) is 26.3 Å². The van der Waals surface area contributed by atoms with Crippen molar-refractivity contribution in [3.8, 4) is 0 Å². The molecule has 0 aromatic rings. The Kier molecular flexibility index (Phi) is 10.4. The average Bonchev–Trinajstić information content (AvgIpc) is 3.12. The van der Waals surface area contributed by atoms with Crippen LogP contribution in [0.5, 0.6) is 0 Å². The molecule has 3 aliphatic heterocycles. The third kappa shape index (κ3) is 7.84. The quantitative estimate of drug-likeness (QED) is 0.241. The molecule has 0 aromatic heterocycles. The van der Waals surface area contributed by atoms with Gasteiger partial charge in [-0.1, -0.05) is 24.3 Å². The van der Waals surface area contributed by atoms with Gasteiger partial charge in [0.15, 0.2) is 16.6 Å². The number of rotatable bonds is 10. The Morgan fingerprint density at radius 3 is 1.29 bits per heavy atom. The standard InChI is InChI=1S/C28H48O5Si2/c1-9-19-34(5,6)32-27-17-15-25-23(29-21(27)11-3)13-14-24-26(31-25)16-18-28(22(12-4)30-24)33-35(7,8)20-10-2/h9-12,21-28H,1-4,13-20H2,5-8H3/t21-,22+,23+,24-,25-,26+,27+,28-. The van der Waals surface area contributed by atoms with Crippen molar-refractivity contribution in [2.45, 2.75) is 126 Å². The molecule has 5 nitrogen and oxygen atoms in total. The zero-order valence-electron chi connectivity index (χ0n) is 22.5. The third-order valence-corrected chi connectivity index (χ3v) is 11.9. The van der Waals surface area contributed by atoms with Crippen LogP contribution >= 0.6 is 0 Å². The molecular formula is C28H48O5Si2. The van der Waals surface area contributed by atoms with E-state index in [9.17, 15) is 0 Å². The number of fused-ring (bicyclic) bond motifs is 2. The lowest BCUT2D eigenvalue weighted by Crippen LogP contribution is -2.41. The average molecular weight is 521 g/mol. The van der Waals surface area contributed by atoms with E-state index in [2.05, 4.69) is 52.5 Å². The fourth-order valence-electron chi connectivity index (χ4n) is 5.76. The van der Waals surface area contributed by atoms with E-state index in [-0.39, 0.29) is 48.8 Å². The van der Waals surface area contributed by atoms with Gasteiger partial charge >= 0.3 is 0 Å². The second-order valence-electron chi connectivity index (χ2n) is 11.5. The van der Waals surface area contributed by atoms with Crippen LogP contribution in [0.25, 0.3) is 0 Å². The molecule has 0 aromatic carbocycles. The Hall–Kier alpha value is -0.806. The second kappa shape index (κ2) is 12.6. The summed E-state index contributed by atoms with van der Waals surface area (Å²) >= 11 is 0. The van der Waals surface area contributed by atoms with Crippen LogP contribution in [-0.4, -0.2) is 65.5 Å². The van der Waals surface area contributed by atoms with Gasteiger partial charge in [-0.3, -0.25) is 0 Å². The highest BCUT2D eigenvalue weighted by atomic mass is 28.4. The number of hydrogen-bond donors (Lipinski definition) is 0. The van der Waals surface area contributed by atoms with E-state index in [1.54, 1.807) is 0 Å². The topological polar surface area (TPSA) is 46.2 Å². The highest BCUT2D eigenvalue weighted by Gasteiger charge is 2.44. The number of allylic oxidation sites excluding steroid dienone is 2. The number of hydrogen-bond acceptors (Lipinski definition) is 5. The molecular weight excluding hydrogens is 472 g/mol. The molecule has 8 atom stereocenters. The summed E-state index contributed by atoms with van der Waals surface area (Å²) in [7, 11) is -3.69. The Morgan fingerprint density at radius 2 is 0.943 bits per heavy atom. The minimum absolute atomic E-state index is 0.0193. The van der Waals surface area contributed by atoms with Crippen molar-refractivity contribution in [1.29, 1.82) is 0 Å². The maximum atomic E-state index is 6.78. The van der Waals surface area contributed by atoms with Crippen molar-refractivity contribution < 1.29 is 23.1 Å². The van der Waals surface area contributed by atoms with Crippen LogP contribution < -0.4 is 0 Å². The van der Waals surface area contributed by atoms with Crippen LogP contribution in [0.15, 0.2) is 50.6 Å². The maximum Gasteiger partial charge on any atom is 0.191 e. The van der Waals surface area contributed by atoms with Crippen molar-refractivity contribution in [1.82, 2.24) is 0 Å². The molecule has 198 valence electrons. The van der Waals surface area contributed by atoms with Gasteiger partial charge in [-0.25, -0.2) is 0 Å². The van der Waals surface area contributed by atoms with E-state index in [1.807, 2.05) is 24.3 Å². The molecule has 0 spiro atoms. The lowest BCUT2D eigenvalue weighted by Gasteiger charge is -2.32. The summed E-state index contributed by atoms with van der Waals surface area (Å²) in [4.78, 5) is 0. The lowest BCUT2D eigenvalue weighted by atomic mass is 10.0. The van der Waals surface area contributed by atoms with Crippen LogP contribution in [0.2, 0.25) is 38.3 Å². The molecule has 0 bridgehead atoms. The molecule has 3 saturated heterocycles. The molecule has 3 rings (SSSR count). The molecule has 3 fully saturated rings. The summed E-state index contributed by atoms with van der Waals surface area (Å²) in [6, 6.07) is 1.86. The minimum atomic E-state index is -1.84. The molecule has 3 aliphatic rings. The van der Waals surface area contributed by atoms with Crippen molar-refractivity contribution in [2.24, 2.45) is 0 Å². The molecule has 0 radical (unpaired) electrons. The summed E-state index contributed by atoms with van der Waals surface area (Å²) in [5, 5.41) is 0. The van der Waals surface area contributed by atoms with E-state index < -0.39 is 16.6 Å². The fraction of sp³-hybridized carbons (Fsp3) is 0.714. The second-order valence-corrected chi connectivity index (χ2v) is 19.8. The van der Waals surface area contributed by atoms with Gasteiger partial charge in [0.25, 0.3) is 0 Å². The summed E-state index contributed by atoms with van der Waals surface area (Å²) in [5.74, 6) is 0. The summed E-state index contributed by atoms with van der Waals surface area (Å²) in [6.07, 6.45) is 13.2. The predicted molar refractivity (Wildman–Crippen MR) is 149 cm³/mol. The van der Waals surface area contributed by atoms with E-state index in [1.165, 1.54) is 0 Å². The minimum Gasteiger partial charge on any atom is -0.411 e. The first-order chi connectivity index (χ1) is 16.6. The van der Waals surface area contributed by atoms with Crippen LogP contribution in [0.1, 0.15) is 38.5 Å². The Morgan fingerprint density at radius 1 is 0.600 bits per heavy atom. The molecule has 0 saturated carbocycles. The smallest absolute Gasteiger partial charge is 0.191 e. The fourth-order valence-corrected chi connectivity index (χ4v) is 9.49. The van der Waals surface area contributed by atoms with Gasteiger partial charge in [0.05, 0.1) is 36.6 Å². The third-order valence-electron chi connectivity index (χ3n) is 7.46. The van der Waals surface area contributed by atoms with E-state index in [4.69, 9.17) is 23.1 Å².